The molecule has 0 saturated carbocycles. The second-order valence-electron chi connectivity index (χ2n) is 1.13. The lowest BCUT2D eigenvalue weighted by atomic mass is 10.5. The van der Waals surface area contributed by atoms with Crippen LogP contribution in [-0.2, 0) is 9.59 Å². The van der Waals surface area contributed by atoms with Crippen molar-refractivity contribution in [1.82, 2.24) is 0 Å². The van der Waals surface area contributed by atoms with Crippen molar-refractivity contribution in [2.75, 3.05) is 0 Å². The first kappa shape index (κ1) is 11.3. The van der Waals surface area contributed by atoms with Crippen LogP contribution in [0.25, 0.3) is 0 Å². The van der Waals surface area contributed by atoms with Gasteiger partial charge in [-0.25, -0.2) is 0 Å². The molecule has 0 saturated heterocycles. The number of terminal acetylenes is 1. The molecule has 0 aromatic heterocycles. The predicted octanol–water partition coefficient (Wildman–Crippen LogP) is -2.48. The van der Waals surface area contributed by atoms with Crippen molar-refractivity contribution in [2.24, 2.45) is 0 Å². The summed E-state index contributed by atoms with van der Waals surface area (Å²) in [5.74, 6) is -1.94. The van der Waals surface area contributed by atoms with Crippen LogP contribution in [0.15, 0.2) is 0 Å². The largest absolute Gasteiger partial charge is 0.543 e. The number of carboxylic acids is 2. The first-order chi connectivity index (χ1) is 4.56. The first-order valence-corrected chi connectivity index (χ1v) is 2.42. The molecule has 0 aliphatic carbocycles. The molecule has 0 radical (unpaired) electrons. The molecule has 0 spiro atoms. The molecule has 0 aromatic carbocycles. The van der Waals surface area contributed by atoms with Gasteiger partial charge in [0.15, 0.2) is 0 Å². The van der Waals surface area contributed by atoms with E-state index in [0.717, 1.165) is 6.42 Å². The summed E-state index contributed by atoms with van der Waals surface area (Å²) in [6.07, 6.45) is 5.62. The van der Waals surface area contributed by atoms with Crippen LogP contribution in [-0.4, -0.2) is 11.9 Å². The topological polar surface area (TPSA) is 80.3 Å². The summed E-state index contributed by atoms with van der Waals surface area (Å²) < 4.78 is 0. The minimum absolute atomic E-state index is 0.847. The van der Waals surface area contributed by atoms with Crippen molar-refractivity contribution in [3.05, 3.63) is 0 Å². The van der Waals surface area contributed by atoms with Gasteiger partial charge in [0.2, 0.25) is 0 Å². The Morgan fingerprint density at radius 2 is 1.60 bits per heavy atom. The summed E-state index contributed by atoms with van der Waals surface area (Å²) in [6.45, 7) is 1.94. The Balaban J connectivity index is 0. The van der Waals surface area contributed by atoms with Crippen molar-refractivity contribution in [3.8, 4) is 12.3 Å². The quantitative estimate of drug-likeness (QED) is 0.277. The summed E-state index contributed by atoms with van der Waals surface area (Å²) in [5.41, 5.74) is 0. The summed E-state index contributed by atoms with van der Waals surface area (Å²) in [5, 5.41) is 17.9. The Labute approximate surface area is 58.5 Å². The fourth-order valence-electron chi connectivity index (χ4n) is 0. The average Bonchev–Trinajstić information content (AvgIpc) is 1.89. The maximum absolute atomic E-state index is 8.93. The fourth-order valence-corrected chi connectivity index (χ4v) is 0. The number of carbonyl (C=O) groups is 2. The molecule has 4 heteroatoms. The zero-order chi connectivity index (χ0) is 8.57. The van der Waals surface area contributed by atoms with Crippen LogP contribution in [0, 0.1) is 12.3 Å². The third kappa shape index (κ3) is 16.1. The summed E-state index contributed by atoms with van der Waals surface area (Å²) in [7, 11) is 0. The molecule has 0 fully saturated rings. The number of carboxylic acid groups (broad SMARTS) is 2. The van der Waals surface area contributed by atoms with E-state index in [9.17, 15) is 0 Å². The molecule has 0 aliphatic rings. The maximum atomic E-state index is 8.93. The Bertz CT molecular complexity index is 142. The summed E-state index contributed by atoms with van der Waals surface area (Å²) in [6, 6.07) is 0. The van der Waals surface area contributed by atoms with Crippen LogP contribution in [0.1, 0.15) is 13.3 Å². The fraction of sp³-hybridized carbons (Fsp3) is 0.333. The molecule has 0 aromatic rings. The lowest BCUT2D eigenvalue weighted by molar-refractivity contribution is -0.345. The molecule has 0 heterocycles. The SMILES string of the molecule is C#CCC.O=C([O-])C(=O)[O-]. The minimum Gasteiger partial charge on any atom is -0.543 e. The Kier molecular flexibility index (Phi) is 8.49. The van der Waals surface area contributed by atoms with Gasteiger partial charge in [-0.15, -0.1) is 12.3 Å². The average molecular weight is 142 g/mol. The van der Waals surface area contributed by atoms with Crippen LogP contribution in [0.4, 0.5) is 0 Å². The molecular formula is C6H6O4-2. The van der Waals surface area contributed by atoms with Gasteiger partial charge >= 0.3 is 0 Å². The van der Waals surface area contributed by atoms with Gasteiger partial charge in [0, 0.05) is 6.42 Å². The van der Waals surface area contributed by atoms with Gasteiger partial charge in [-0.2, -0.15) is 0 Å². The van der Waals surface area contributed by atoms with E-state index < -0.39 is 11.9 Å². The number of carbonyl (C=O) groups excluding carboxylic acids is 2. The van der Waals surface area contributed by atoms with E-state index in [-0.39, 0.29) is 0 Å². The molecule has 4 nitrogen and oxygen atoms in total. The zero-order valence-electron chi connectivity index (χ0n) is 5.42. The number of hydrogen-bond donors (Lipinski definition) is 0. The van der Waals surface area contributed by atoms with Crippen LogP contribution in [0.2, 0.25) is 0 Å². The Hall–Kier alpha value is -1.50. The monoisotopic (exact) mass is 142 g/mol. The smallest absolute Gasteiger partial charge is 0.0870 e. The number of hydrogen-bond acceptors (Lipinski definition) is 4. The zero-order valence-corrected chi connectivity index (χ0v) is 5.42. The predicted molar refractivity (Wildman–Crippen MR) is 29.1 cm³/mol. The first-order valence-electron chi connectivity index (χ1n) is 2.42. The van der Waals surface area contributed by atoms with E-state index in [1.165, 1.54) is 0 Å². The third-order valence-electron chi connectivity index (χ3n) is 0.371. The van der Waals surface area contributed by atoms with Gasteiger partial charge in [-0.3, -0.25) is 0 Å². The number of rotatable bonds is 0. The van der Waals surface area contributed by atoms with Gasteiger partial charge in [-0.05, 0) is 0 Å². The van der Waals surface area contributed by atoms with Gasteiger partial charge in [-0.1, -0.05) is 6.92 Å². The third-order valence-corrected chi connectivity index (χ3v) is 0.371. The van der Waals surface area contributed by atoms with Crippen LogP contribution < -0.4 is 10.2 Å². The van der Waals surface area contributed by atoms with Crippen LogP contribution in [0.3, 0.4) is 0 Å². The lowest BCUT2D eigenvalue weighted by Gasteiger charge is -1.97. The second-order valence-corrected chi connectivity index (χ2v) is 1.13. The molecule has 0 bridgehead atoms. The highest BCUT2D eigenvalue weighted by molar-refractivity contribution is 6.25. The van der Waals surface area contributed by atoms with Gasteiger partial charge in [0.05, 0.1) is 11.9 Å². The number of aliphatic carboxylic acids is 2. The molecule has 0 amide bonds. The lowest BCUT2D eigenvalue weighted by Crippen LogP contribution is -2.42. The Morgan fingerprint density at radius 1 is 1.40 bits per heavy atom. The molecule has 0 aliphatic heterocycles. The van der Waals surface area contributed by atoms with E-state index in [1.54, 1.807) is 0 Å². The Morgan fingerprint density at radius 3 is 1.60 bits per heavy atom. The van der Waals surface area contributed by atoms with E-state index in [1.807, 2.05) is 6.92 Å². The van der Waals surface area contributed by atoms with Crippen molar-refractivity contribution in [3.63, 3.8) is 0 Å². The molecule has 56 valence electrons. The maximum Gasteiger partial charge on any atom is 0.0870 e. The summed E-state index contributed by atoms with van der Waals surface area (Å²) >= 11 is 0. The molecule has 10 heavy (non-hydrogen) atoms. The van der Waals surface area contributed by atoms with Crippen molar-refractivity contribution >= 4 is 11.9 Å². The van der Waals surface area contributed by atoms with Crippen molar-refractivity contribution in [2.45, 2.75) is 13.3 Å². The van der Waals surface area contributed by atoms with Gasteiger partial charge in [0.1, 0.15) is 0 Å². The molecule has 0 N–H and O–H groups in total. The minimum atomic E-state index is -2.19. The van der Waals surface area contributed by atoms with E-state index in [4.69, 9.17) is 26.2 Å². The van der Waals surface area contributed by atoms with E-state index in [0.29, 0.717) is 0 Å². The summed E-state index contributed by atoms with van der Waals surface area (Å²) in [4.78, 5) is 17.9. The highest BCUT2D eigenvalue weighted by Gasteiger charge is 1.74. The molecular weight excluding hydrogens is 136 g/mol. The van der Waals surface area contributed by atoms with Crippen LogP contribution in [0.5, 0.6) is 0 Å². The second kappa shape index (κ2) is 7.50. The highest BCUT2D eigenvalue weighted by Crippen LogP contribution is 1.58. The van der Waals surface area contributed by atoms with Crippen molar-refractivity contribution in [1.29, 1.82) is 0 Å². The van der Waals surface area contributed by atoms with Crippen LogP contribution >= 0.6 is 0 Å². The molecule has 0 unspecified atom stereocenters. The van der Waals surface area contributed by atoms with Gasteiger partial charge < -0.3 is 19.8 Å². The standard InChI is InChI=1S/C4H6.C2H2O4/c1-3-4-2;3-1(4)2(5)6/h1H,4H2,2H3;(H,3,4)(H,5,6)/p-2. The van der Waals surface area contributed by atoms with E-state index in [2.05, 4.69) is 5.92 Å². The van der Waals surface area contributed by atoms with Gasteiger partial charge in [0.25, 0.3) is 0 Å². The van der Waals surface area contributed by atoms with E-state index >= 15 is 0 Å². The highest BCUT2D eigenvalue weighted by atomic mass is 16.4. The molecule has 0 rings (SSSR count). The normalized spacial score (nSPS) is 6.40. The van der Waals surface area contributed by atoms with Crippen molar-refractivity contribution < 1.29 is 19.8 Å². The molecule has 0 atom stereocenters.